The molecule has 3 N–H and O–H groups in total. The summed E-state index contributed by atoms with van der Waals surface area (Å²) in [4.78, 5) is 0. The fraction of sp³-hybridized carbons (Fsp3) is 1.00. The van der Waals surface area contributed by atoms with E-state index in [1.54, 1.807) is 0 Å². The van der Waals surface area contributed by atoms with Crippen LogP contribution in [0.25, 0.3) is 0 Å². The molecule has 0 radical (unpaired) electrons. The minimum absolute atomic E-state index is 0.866. The molecule has 0 fully saturated rings. The van der Waals surface area contributed by atoms with Crippen molar-refractivity contribution in [3.63, 3.8) is 0 Å². The molecule has 0 aromatic heterocycles. The van der Waals surface area contributed by atoms with E-state index < -0.39 is 0 Å². The Kier molecular flexibility index (Phi) is 16.8. The Bertz CT molecular complexity index is 121. The summed E-state index contributed by atoms with van der Waals surface area (Å²) >= 11 is 0. The van der Waals surface area contributed by atoms with Crippen LogP contribution in [0.2, 0.25) is 0 Å². The van der Waals surface area contributed by atoms with E-state index in [0.29, 0.717) is 0 Å². The third kappa shape index (κ3) is 15.9. The van der Waals surface area contributed by atoms with Crippen molar-refractivity contribution < 1.29 is 0 Å². The molecule has 0 aliphatic heterocycles. The molecule has 110 valence electrons. The van der Waals surface area contributed by atoms with Crippen molar-refractivity contribution in [3.05, 3.63) is 0 Å². The Balaban J connectivity index is 2.86. The molecule has 0 aromatic rings. The summed E-state index contributed by atoms with van der Waals surface area (Å²) in [7, 11) is 0. The summed E-state index contributed by atoms with van der Waals surface area (Å²) in [6.45, 7) is 5.57. The lowest BCUT2D eigenvalue weighted by Gasteiger charge is -2.04. The summed E-state index contributed by atoms with van der Waals surface area (Å²) in [5.41, 5.74) is 5.47. The molecule has 0 bridgehead atoms. The second kappa shape index (κ2) is 16.9. The maximum atomic E-state index is 5.47. The average Bonchev–Trinajstić information content (AvgIpc) is 2.39. The summed E-state index contributed by atoms with van der Waals surface area (Å²) in [6, 6.07) is 0. The topological polar surface area (TPSA) is 38.0 Å². The molecule has 0 saturated heterocycles. The fourth-order valence-electron chi connectivity index (χ4n) is 2.26. The molecule has 0 spiro atoms. The Morgan fingerprint density at radius 2 is 1.06 bits per heavy atom. The van der Waals surface area contributed by atoms with E-state index >= 15 is 0 Å². The van der Waals surface area contributed by atoms with Crippen LogP contribution in [0, 0.1) is 0 Å². The van der Waals surface area contributed by atoms with Gasteiger partial charge in [0, 0.05) is 0 Å². The van der Waals surface area contributed by atoms with Gasteiger partial charge in [0.05, 0.1) is 0 Å². The molecule has 0 heterocycles. The van der Waals surface area contributed by atoms with Gasteiger partial charge in [-0.2, -0.15) is 0 Å². The number of nitrogens with two attached hydrogens (primary N) is 1. The fourth-order valence-corrected chi connectivity index (χ4v) is 2.26. The molecule has 0 atom stereocenters. The molecular formula is C16H36N2. The summed E-state index contributed by atoms with van der Waals surface area (Å²) in [5.74, 6) is 0. The standard InChI is InChI=1S/C16H36N2/c1-2-3-12-15-18-16-13-10-8-6-4-5-7-9-11-14-17/h18H,2-17H2,1H3. The van der Waals surface area contributed by atoms with Crippen LogP contribution in [-0.4, -0.2) is 19.6 Å². The van der Waals surface area contributed by atoms with E-state index in [2.05, 4.69) is 12.2 Å². The number of hydrogen-bond acceptors (Lipinski definition) is 2. The predicted octanol–water partition coefficient (Wildman–Crippen LogP) is 4.24. The first-order valence-corrected chi connectivity index (χ1v) is 8.32. The van der Waals surface area contributed by atoms with Crippen molar-refractivity contribution in [1.29, 1.82) is 0 Å². The van der Waals surface area contributed by atoms with Gasteiger partial charge < -0.3 is 11.1 Å². The molecule has 2 nitrogen and oxygen atoms in total. The molecule has 0 amide bonds. The highest BCUT2D eigenvalue weighted by atomic mass is 14.8. The van der Waals surface area contributed by atoms with Crippen molar-refractivity contribution in [2.75, 3.05) is 19.6 Å². The largest absolute Gasteiger partial charge is 0.330 e. The first kappa shape index (κ1) is 17.9. The second-order valence-electron chi connectivity index (χ2n) is 5.43. The van der Waals surface area contributed by atoms with Gasteiger partial charge in [0.1, 0.15) is 0 Å². The summed E-state index contributed by atoms with van der Waals surface area (Å²) in [5, 5.41) is 3.53. The van der Waals surface area contributed by atoms with E-state index in [1.165, 1.54) is 90.1 Å². The zero-order valence-corrected chi connectivity index (χ0v) is 12.7. The zero-order valence-electron chi connectivity index (χ0n) is 12.7. The van der Waals surface area contributed by atoms with Gasteiger partial charge in [-0.3, -0.25) is 0 Å². The van der Waals surface area contributed by atoms with Gasteiger partial charge in [-0.25, -0.2) is 0 Å². The lowest BCUT2D eigenvalue weighted by molar-refractivity contribution is 0.539. The van der Waals surface area contributed by atoms with Crippen LogP contribution in [0.4, 0.5) is 0 Å². The Labute approximate surface area is 115 Å². The minimum atomic E-state index is 0.866. The smallest absolute Gasteiger partial charge is 0.00489 e. The van der Waals surface area contributed by atoms with Crippen molar-refractivity contribution >= 4 is 0 Å². The van der Waals surface area contributed by atoms with E-state index in [4.69, 9.17) is 5.73 Å². The van der Waals surface area contributed by atoms with Gasteiger partial charge in [-0.05, 0) is 38.9 Å². The molecule has 0 aromatic carbocycles. The van der Waals surface area contributed by atoms with Crippen molar-refractivity contribution in [3.8, 4) is 0 Å². The van der Waals surface area contributed by atoms with Gasteiger partial charge >= 0.3 is 0 Å². The number of hydrogen-bond donors (Lipinski definition) is 2. The predicted molar refractivity (Wildman–Crippen MR) is 83.0 cm³/mol. The van der Waals surface area contributed by atoms with Crippen LogP contribution < -0.4 is 11.1 Å². The number of unbranched alkanes of at least 4 members (excludes halogenated alkanes) is 10. The highest BCUT2D eigenvalue weighted by molar-refractivity contribution is 4.51. The van der Waals surface area contributed by atoms with Gasteiger partial charge in [-0.15, -0.1) is 0 Å². The monoisotopic (exact) mass is 256 g/mol. The molecule has 0 rings (SSSR count). The Morgan fingerprint density at radius 1 is 0.611 bits per heavy atom. The minimum Gasteiger partial charge on any atom is -0.330 e. The first-order valence-electron chi connectivity index (χ1n) is 8.32. The highest BCUT2D eigenvalue weighted by Crippen LogP contribution is 2.09. The molecule has 0 saturated carbocycles. The molecule has 0 unspecified atom stereocenters. The number of nitrogens with one attached hydrogen (secondary N) is 1. The van der Waals surface area contributed by atoms with E-state index in [1.807, 2.05) is 0 Å². The van der Waals surface area contributed by atoms with Crippen molar-refractivity contribution in [2.45, 2.75) is 84.0 Å². The maximum absolute atomic E-state index is 5.47. The summed E-state index contributed by atoms with van der Waals surface area (Å²) in [6.07, 6.45) is 16.4. The van der Waals surface area contributed by atoms with Gasteiger partial charge in [-0.1, -0.05) is 64.7 Å². The molecule has 18 heavy (non-hydrogen) atoms. The maximum Gasteiger partial charge on any atom is -0.00489 e. The quantitative estimate of drug-likeness (QED) is 0.430. The van der Waals surface area contributed by atoms with E-state index in [0.717, 1.165) is 6.54 Å². The van der Waals surface area contributed by atoms with Crippen molar-refractivity contribution in [2.24, 2.45) is 5.73 Å². The van der Waals surface area contributed by atoms with Crippen LogP contribution in [-0.2, 0) is 0 Å². The van der Waals surface area contributed by atoms with E-state index in [9.17, 15) is 0 Å². The second-order valence-corrected chi connectivity index (χ2v) is 5.43. The Morgan fingerprint density at radius 3 is 1.56 bits per heavy atom. The van der Waals surface area contributed by atoms with Gasteiger partial charge in [0.25, 0.3) is 0 Å². The molecule has 0 aliphatic carbocycles. The molecule has 2 heteroatoms. The van der Waals surface area contributed by atoms with Crippen LogP contribution in [0.5, 0.6) is 0 Å². The normalized spacial score (nSPS) is 11.0. The zero-order chi connectivity index (χ0) is 13.3. The third-order valence-corrected chi connectivity index (χ3v) is 3.51. The Hall–Kier alpha value is -0.0800. The third-order valence-electron chi connectivity index (χ3n) is 3.51. The van der Waals surface area contributed by atoms with Crippen LogP contribution >= 0.6 is 0 Å². The summed E-state index contributed by atoms with van der Waals surface area (Å²) < 4.78 is 0. The van der Waals surface area contributed by atoms with E-state index in [-0.39, 0.29) is 0 Å². The van der Waals surface area contributed by atoms with Crippen LogP contribution in [0.1, 0.15) is 84.0 Å². The highest BCUT2D eigenvalue weighted by Gasteiger charge is 1.92. The van der Waals surface area contributed by atoms with Crippen LogP contribution in [0.3, 0.4) is 0 Å². The lowest BCUT2D eigenvalue weighted by Crippen LogP contribution is -2.16. The average molecular weight is 256 g/mol. The lowest BCUT2D eigenvalue weighted by atomic mass is 10.1. The van der Waals surface area contributed by atoms with Crippen LogP contribution in [0.15, 0.2) is 0 Å². The number of rotatable bonds is 15. The SMILES string of the molecule is CCCCCNCCCCCCCCCCCN. The molecular weight excluding hydrogens is 220 g/mol. The molecule has 0 aliphatic rings. The van der Waals surface area contributed by atoms with Gasteiger partial charge in [0.15, 0.2) is 0 Å². The van der Waals surface area contributed by atoms with Gasteiger partial charge in [0.2, 0.25) is 0 Å². The van der Waals surface area contributed by atoms with Crippen molar-refractivity contribution in [1.82, 2.24) is 5.32 Å². The first-order chi connectivity index (χ1) is 8.91.